The third kappa shape index (κ3) is 3.07. The largest absolute Gasteiger partial charge is 0.311 e. The third-order valence-corrected chi connectivity index (χ3v) is 4.02. The number of hydrogen-bond acceptors (Lipinski definition) is 1. The van der Waals surface area contributed by atoms with Crippen LogP contribution in [0.15, 0.2) is 11.6 Å². The van der Waals surface area contributed by atoms with Crippen LogP contribution in [0, 0.1) is 5.92 Å². The summed E-state index contributed by atoms with van der Waals surface area (Å²) in [5, 5.41) is 3.68. The Hall–Kier alpha value is -0.300. The standard InChI is InChI=1S/C14H25N/c1-2-15-14(11-12-7-6-8-12)13-9-4-3-5-10-13/h9,12,14-15H,2-8,10-11H2,1H3. The van der Waals surface area contributed by atoms with E-state index >= 15 is 0 Å². The van der Waals surface area contributed by atoms with Gasteiger partial charge in [-0.3, -0.25) is 0 Å². The summed E-state index contributed by atoms with van der Waals surface area (Å²) in [4.78, 5) is 0. The molecule has 0 aromatic rings. The minimum absolute atomic E-state index is 0.709. The van der Waals surface area contributed by atoms with Gasteiger partial charge >= 0.3 is 0 Å². The molecule has 1 nitrogen and oxygen atoms in total. The molecule has 0 aliphatic heterocycles. The molecule has 0 spiro atoms. The normalized spacial score (nSPS) is 24.5. The Kier molecular flexibility index (Phi) is 4.25. The van der Waals surface area contributed by atoms with E-state index in [1.165, 1.54) is 51.4 Å². The summed E-state index contributed by atoms with van der Waals surface area (Å²) in [5.74, 6) is 1.02. The second-order valence-electron chi connectivity index (χ2n) is 5.17. The monoisotopic (exact) mass is 207 g/mol. The first-order valence-electron chi connectivity index (χ1n) is 6.82. The van der Waals surface area contributed by atoms with E-state index in [-0.39, 0.29) is 0 Å². The van der Waals surface area contributed by atoms with Gasteiger partial charge in [-0.15, -0.1) is 0 Å². The van der Waals surface area contributed by atoms with E-state index in [4.69, 9.17) is 0 Å². The molecule has 0 radical (unpaired) electrons. The molecule has 2 aliphatic carbocycles. The summed E-state index contributed by atoms with van der Waals surface area (Å²) < 4.78 is 0. The van der Waals surface area contributed by atoms with Crippen LogP contribution in [0.4, 0.5) is 0 Å². The Labute approximate surface area is 94.3 Å². The van der Waals surface area contributed by atoms with E-state index in [1.54, 1.807) is 5.57 Å². The lowest BCUT2D eigenvalue weighted by Crippen LogP contribution is -2.34. The van der Waals surface area contributed by atoms with Crippen molar-refractivity contribution in [3.8, 4) is 0 Å². The molecule has 1 unspecified atom stereocenters. The molecule has 86 valence electrons. The Morgan fingerprint density at radius 2 is 2.20 bits per heavy atom. The number of hydrogen-bond donors (Lipinski definition) is 1. The molecule has 1 N–H and O–H groups in total. The maximum atomic E-state index is 3.68. The van der Waals surface area contributed by atoms with Gasteiger partial charge in [0.05, 0.1) is 0 Å². The fourth-order valence-corrected chi connectivity index (χ4v) is 2.85. The summed E-state index contributed by atoms with van der Waals surface area (Å²) in [6, 6.07) is 0.709. The lowest BCUT2D eigenvalue weighted by molar-refractivity contribution is 0.269. The van der Waals surface area contributed by atoms with Crippen LogP contribution in [0.25, 0.3) is 0 Å². The molecule has 1 fully saturated rings. The van der Waals surface area contributed by atoms with Crippen LogP contribution in [0.5, 0.6) is 0 Å². The Morgan fingerprint density at radius 1 is 1.33 bits per heavy atom. The van der Waals surface area contributed by atoms with Crippen molar-refractivity contribution in [2.24, 2.45) is 5.92 Å². The average molecular weight is 207 g/mol. The van der Waals surface area contributed by atoms with Crippen LogP contribution in [0.3, 0.4) is 0 Å². The second-order valence-corrected chi connectivity index (χ2v) is 5.17. The van der Waals surface area contributed by atoms with E-state index in [0.29, 0.717) is 6.04 Å². The topological polar surface area (TPSA) is 12.0 Å². The van der Waals surface area contributed by atoms with Crippen LogP contribution in [0.2, 0.25) is 0 Å². The van der Waals surface area contributed by atoms with Crippen molar-refractivity contribution in [3.63, 3.8) is 0 Å². The zero-order chi connectivity index (χ0) is 10.5. The lowest BCUT2D eigenvalue weighted by atomic mass is 9.78. The van der Waals surface area contributed by atoms with Crippen molar-refractivity contribution in [2.75, 3.05) is 6.54 Å². The van der Waals surface area contributed by atoms with E-state index < -0.39 is 0 Å². The highest BCUT2D eigenvalue weighted by Gasteiger charge is 2.24. The Morgan fingerprint density at radius 3 is 2.73 bits per heavy atom. The van der Waals surface area contributed by atoms with E-state index in [9.17, 15) is 0 Å². The predicted molar refractivity (Wildman–Crippen MR) is 66.0 cm³/mol. The molecule has 1 atom stereocenters. The summed E-state index contributed by atoms with van der Waals surface area (Å²) in [6.45, 7) is 3.35. The van der Waals surface area contributed by atoms with E-state index in [1.807, 2.05) is 0 Å². The van der Waals surface area contributed by atoms with Gasteiger partial charge in [-0.1, -0.05) is 37.8 Å². The average Bonchev–Trinajstić information content (AvgIpc) is 2.23. The molecule has 0 aromatic heterocycles. The zero-order valence-electron chi connectivity index (χ0n) is 10.1. The summed E-state index contributed by atoms with van der Waals surface area (Å²) in [7, 11) is 0. The maximum Gasteiger partial charge on any atom is 0.0281 e. The van der Waals surface area contributed by atoms with Crippen LogP contribution >= 0.6 is 0 Å². The fraction of sp³-hybridized carbons (Fsp3) is 0.857. The number of nitrogens with one attached hydrogen (secondary N) is 1. The molecule has 0 amide bonds. The molecule has 0 heterocycles. The lowest BCUT2D eigenvalue weighted by Gasteiger charge is -2.32. The van der Waals surface area contributed by atoms with Gasteiger partial charge in [0.25, 0.3) is 0 Å². The molecule has 0 aromatic carbocycles. The molecular weight excluding hydrogens is 182 g/mol. The van der Waals surface area contributed by atoms with E-state index in [2.05, 4.69) is 18.3 Å². The molecule has 1 saturated carbocycles. The number of rotatable bonds is 5. The van der Waals surface area contributed by atoms with Gasteiger partial charge in [-0.2, -0.15) is 0 Å². The maximum absolute atomic E-state index is 3.68. The highest BCUT2D eigenvalue weighted by Crippen LogP contribution is 2.33. The van der Waals surface area contributed by atoms with Crippen LogP contribution < -0.4 is 5.32 Å². The first-order valence-corrected chi connectivity index (χ1v) is 6.82. The highest BCUT2D eigenvalue weighted by atomic mass is 14.9. The van der Waals surface area contributed by atoms with Crippen LogP contribution in [-0.2, 0) is 0 Å². The van der Waals surface area contributed by atoms with Gasteiger partial charge in [-0.25, -0.2) is 0 Å². The molecule has 0 saturated heterocycles. The minimum atomic E-state index is 0.709. The van der Waals surface area contributed by atoms with Crippen molar-refractivity contribution in [2.45, 2.75) is 64.3 Å². The van der Waals surface area contributed by atoms with Crippen LogP contribution in [0.1, 0.15) is 58.3 Å². The van der Waals surface area contributed by atoms with Crippen molar-refractivity contribution < 1.29 is 0 Å². The first-order chi connectivity index (χ1) is 7.40. The molecular formula is C14H25N. The van der Waals surface area contributed by atoms with Gasteiger partial charge in [0.15, 0.2) is 0 Å². The van der Waals surface area contributed by atoms with Gasteiger partial charge in [-0.05, 0) is 44.6 Å². The minimum Gasteiger partial charge on any atom is -0.311 e. The smallest absolute Gasteiger partial charge is 0.0281 e. The fourth-order valence-electron chi connectivity index (χ4n) is 2.85. The molecule has 1 heteroatoms. The van der Waals surface area contributed by atoms with Crippen molar-refractivity contribution in [1.82, 2.24) is 5.32 Å². The quantitative estimate of drug-likeness (QED) is 0.678. The summed E-state index contributed by atoms with van der Waals surface area (Å²) in [5.41, 5.74) is 1.72. The van der Waals surface area contributed by atoms with Gasteiger partial charge in [0.1, 0.15) is 0 Å². The van der Waals surface area contributed by atoms with Crippen molar-refractivity contribution in [1.29, 1.82) is 0 Å². The van der Waals surface area contributed by atoms with Crippen LogP contribution in [-0.4, -0.2) is 12.6 Å². The van der Waals surface area contributed by atoms with Gasteiger partial charge in [0.2, 0.25) is 0 Å². The van der Waals surface area contributed by atoms with Gasteiger partial charge < -0.3 is 5.32 Å². The van der Waals surface area contributed by atoms with Crippen molar-refractivity contribution in [3.05, 3.63) is 11.6 Å². The second kappa shape index (κ2) is 5.69. The molecule has 2 aliphatic rings. The number of likely N-dealkylation sites (N-methyl/N-ethyl adjacent to an activating group) is 1. The molecule has 0 bridgehead atoms. The number of allylic oxidation sites excluding steroid dienone is 1. The SMILES string of the molecule is CCNC(CC1CCC1)C1=CCCCC1. The Balaban J connectivity index is 1.88. The first kappa shape index (κ1) is 11.2. The van der Waals surface area contributed by atoms with E-state index in [0.717, 1.165) is 12.5 Å². The van der Waals surface area contributed by atoms with Crippen molar-refractivity contribution >= 4 is 0 Å². The Bertz CT molecular complexity index is 215. The van der Waals surface area contributed by atoms with Gasteiger partial charge in [0, 0.05) is 6.04 Å². The molecule has 2 rings (SSSR count). The molecule has 15 heavy (non-hydrogen) atoms. The summed E-state index contributed by atoms with van der Waals surface area (Å²) >= 11 is 0. The third-order valence-electron chi connectivity index (χ3n) is 4.02. The highest BCUT2D eigenvalue weighted by molar-refractivity contribution is 5.13. The summed E-state index contributed by atoms with van der Waals surface area (Å²) in [6.07, 6.45) is 13.8. The zero-order valence-corrected chi connectivity index (χ0v) is 10.1. The predicted octanol–water partition coefficient (Wildman–Crippen LogP) is 3.66.